The smallest absolute Gasteiger partial charge is 0.306 e. The van der Waals surface area contributed by atoms with Gasteiger partial charge in [0.2, 0.25) is 0 Å². The molecular formula is C8H10O3. The summed E-state index contributed by atoms with van der Waals surface area (Å²) >= 11 is 0. The fourth-order valence-electron chi connectivity index (χ4n) is 1.63. The van der Waals surface area contributed by atoms with E-state index in [1.54, 1.807) is 6.08 Å². The van der Waals surface area contributed by atoms with Crippen LogP contribution in [0.1, 0.15) is 12.8 Å². The highest BCUT2D eigenvalue weighted by Gasteiger charge is 2.36. The predicted molar refractivity (Wildman–Crippen MR) is 37.8 cm³/mol. The van der Waals surface area contributed by atoms with Crippen LogP contribution in [-0.4, -0.2) is 23.3 Å². The molecule has 2 aliphatic rings. The summed E-state index contributed by atoms with van der Waals surface area (Å²) in [6.45, 7) is 0. The molecule has 60 valence electrons. The van der Waals surface area contributed by atoms with Gasteiger partial charge in [0.1, 0.15) is 6.10 Å². The van der Waals surface area contributed by atoms with E-state index in [1.165, 1.54) is 0 Å². The van der Waals surface area contributed by atoms with Gasteiger partial charge in [-0.25, -0.2) is 0 Å². The molecule has 0 aromatic rings. The highest BCUT2D eigenvalue weighted by atomic mass is 16.6. The average molecular weight is 154 g/mol. The molecule has 0 spiro atoms. The molecule has 1 fully saturated rings. The summed E-state index contributed by atoms with van der Waals surface area (Å²) in [6.07, 6.45) is 4.16. The molecule has 11 heavy (non-hydrogen) atoms. The second kappa shape index (κ2) is 2.34. The van der Waals surface area contributed by atoms with E-state index in [2.05, 4.69) is 0 Å². The number of hydrogen-bond acceptors (Lipinski definition) is 3. The molecule has 3 nitrogen and oxygen atoms in total. The Morgan fingerprint density at radius 3 is 3.18 bits per heavy atom. The maximum Gasteiger partial charge on any atom is 0.306 e. The first-order chi connectivity index (χ1) is 5.25. The maximum atomic E-state index is 10.8. The summed E-state index contributed by atoms with van der Waals surface area (Å²) in [7, 11) is 0. The van der Waals surface area contributed by atoms with Crippen molar-refractivity contribution < 1.29 is 14.6 Å². The zero-order valence-corrected chi connectivity index (χ0v) is 6.06. The number of rotatable bonds is 0. The molecule has 0 amide bonds. The van der Waals surface area contributed by atoms with E-state index in [9.17, 15) is 4.79 Å². The molecule has 0 bridgehead atoms. The number of carbonyl (C=O) groups is 1. The third-order valence-electron chi connectivity index (χ3n) is 2.22. The van der Waals surface area contributed by atoms with Gasteiger partial charge in [-0.05, 0) is 0 Å². The number of aliphatic hydroxyl groups excluding tert-OH is 1. The third-order valence-corrected chi connectivity index (χ3v) is 2.22. The quantitative estimate of drug-likeness (QED) is 0.401. The van der Waals surface area contributed by atoms with Crippen LogP contribution in [0.4, 0.5) is 0 Å². The molecule has 1 heterocycles. The Labute approximate surface area is 64.7 Å². The van der Waals surface area contributed by atoms with Gasteiger partial charge in [-0.1, -0.05) is 12.2 Å². The Morgan fingerprint density at radius 2 is 2.36 bits per heavy atom. The van der Waals surface area contributed by atoms with Gasteiger partial charge in [-0.3, -0.25) is 4.79 Å². The van der Waals surface area contributed by atoms with Gasteiger partial charge < -0.3 is 9.84 Å². The van der Waals surface area contributed by atoms with Crippen LogP contribution >= 0.6 is 0 Å². The molecule has 0 saturated carbocycles. The van der Waals surface area contributed by atoms with Crippen LogP contribution in [0.15, 0.2) is 12.2 Å². The molecular weight excluding hydrogens is 144 g/mol. The van der Waals surface area contributed by atoms with Crippen molar-refractivity contribution in [2.75, 3.05) is 0 Å². The van der Waals surface area contributed by atoms with Gasteiger partial charge in [-0.15, -0.1) is 0 Å². The van der Waals surface area contributed by atoms with Crippen molar-refractivity contribution in [1.29, 1.82) is 0 Å². The van der Waals surface area contributed by atoms with Gasteiger partial charge >= 0.3 is 5.97 Å². The van der Waals surface area contributed by atoms with Gasteiger partial charge in [0.05, 0.1) is 12.5 Å². The SMILES string of the molecule is O=C1CC2C=CC(O)CC2O1. The van der Waals surface area contributed by atoms with E-state index in [-0.39, 0.29) is 18.0 Å². The summed E-state index contributed by atoms with van der Waals surface area (Å²) in [6, 6.07) is 0. The Bertz CT molecular complexity index is 209. The van der Waals surface area contributed by atoms with E-state index in [0.29, 0.717) is 12.8 Å². The van der Waals surface area contributed by atoms with Crippen molar-refractivity contribution in [2.24, 2.45) is 5.92 Å². The largest absolute Gasteiger partial charge is 0.462 e. The summed E-state index contributed by atoms with van der Waals surface area (Å²) in [5.41, 5.74) is 0. The second-order valence-electron chi connectivity index (χ2n) is 3.08. The molecule has 1 aliphatic carbocycles. The van der Waals surface area contributed by atoms with Crippen LogP contribution in [0.25, 0.3) is 0 Å². The van der Waals surface area contributed by atoms with E-state index in [4.69, 9.17) is 9.84 Å². The number of esters is 1. The molecule has 0 radical (unpaired) electrons. The van der Waals surface area contributed by atoms with E-state index >= 15 is 0 Å². The highest BCUT2D eigenvalue weighted by molar-refractivity contribution is 5.72. The van der Waals surface area contributed by atoms with E-state index < -0.39 is 6.10 Å². The standard InChI is InChI=1S/C8H10O3/c9-6-2-1-5-3-8(10)11-7(5)4-6/h1-2,5-7,9H,3-4H2. The Hall–Kier alpha value is -0.830. The molecule has 0 aromatic heterocycles. The second-order valence-corrected chi connectivity index (χ2v) is 3.08. The summed E-state index contributed by atoms with van der Waals surface area (Å²) < 4.78 is 4.99. The summed E-state index contributed by atoms with van der Waals surface area (Å²) in [4.78, 5) is 10.8. The van der Waals surface area contributed by atoms with Gasteiger partial charge in [0.15, 0.2) is 0 Å². The lowest BCUT2D eigenvalue weighted by Gasteiger charge is -2.20. The van der Waals surface area contributed by atoms with Crippen molar-refractivity contribution >= 4 is 5.97 Å². The molecule has 1 saturated heterocycles. The van der Waals surface area contributed by atoms with Crippen LogP contribution in [0.2, 0.25) is 0 Å². The average Bonchev–Trinajstić information content (AvgIpc) is 2.27. The zero-order valence-electron chi connectivity index (χ0n) is 6.06. The number of aliphatic hydroxyl groups is 1. The van der Waals surface area contributed by atoms with Crippen LogP contribution in [0.5, 0.6) is 0 Å². The normalized spacial score (nSPS) is 41.9. The Balaban J connectivity index is 2.13. The minimum atomic E-state index is -0.429. The van der Waals surface area contributed by atoms with Gasteiger partial charge in [0.25, 0.3) is 0 Å². The fourth-order valence-corrected chi connectivity index (χ4v) is 1.63. The first-order valence-corrected chi connectivity index (χ1v) is 3.81. The predicted octanol–water partition coefficient (Wildman–Crippen LogP) is 0.239. The minimum absolute atomic E-state index is 0.0671. The van der Waals surface area contributed by atoms with Crippen LogP contribution in [0.3, 0.4) is 0 Å². The molecule has 1 aliphatic heterocycles. The molecule has 2 rings (SSSR count). The van der Waals surface area contributed by atoms with Gasteiger partial charge in [-0.2, -0.15) is 0 Å². The number of hydrogen-bond donors (Lipinski definition) is 1. The molecule has 3 heteroatoms. The number of fused-ring (bicyclic) bond motifs is 1. The molecule has 1 N–H and O–H groups in total. The topological polar surface area (TPSA) is 46.5 Å². The first-order valence-electron chi connectivity index (χ1n) is 3.81. The van der Waals surface area contributed by atoms with Crippen molar-refractivity contribution in [3.05, 3.63) is 12.2 Å². The zero-order chi connectivity index (χ0) is 7.84. The van der Waals surface area contributed by atoms with Crippen molar-refractivity contribution in [3.63, 3.8) is 0 Å². The Kier molecular flexibility index (Phi) is 1.46. The maximum absolute atomic E-state index is 10.8. The van der Waals surface area contributed by atoms with E-state index in [0.717, 1.165) is 0 Å². The minimum Gasteiger partial charge on any atom is -0.462 e. The van der Waals surface area contributed by atoms with Crippen molar-refractivity contribution in [1.82, 2.24) is 0 Å². The van der Waals surface area contributed by atoms with Crippen molar-refractivity contribution in [3.8, 4) is 0 Å². The third kappa shape index (κ3) is 1.16. The Morgan fingerprint density at radius 1 is 1.55 bits per heavy atom. The highest BCUT2D eigenvalue weighted by Crippen LogP contribution is 2.30. The van der Waals surface area contributed by atoms with Crippen LogP contribution in [0, 0.1) is 5.92 Å². The van der Waals surface area contributed by atoms with E-state index in [1.807, 2.05) is 6.08 Å². The number of carbonyl (C=O) groups excluding carboxylic acids is 1. The van der Waals surface area contributed by atoms with Crippen LogP contribution in [-0.2, 0) is 9.53 Å². The first kappa shape index (κ1) is 6.85. The van der Waals surface area contributed by atoms with Crippen molar-refractivity contribution in [2.45, 2.75) is 25.0 Å². The lowest BCUT2D eigenvalue weighted by Crippen LogP contribution is -2.25. The number of ether oxygens (including phenoxy) is 1. The van der Waals surface area contributed by atoms with Crippen LogP contribution < -0.4 is 0 Å². The van der Waals surface area contributed by atoms with Gasteiger partial charge in [0, 0.05) is 12.3 Å². The summed E-state index contributed by atoms with van der Waals surface area (Å²) in [5, 5.41) is 9.16. The lowest BCUT2D eigenvalue weighted by atomic mass is 9.91. The molecule has 3 atom stereocenters. The summed E-state index contributed by atoms with van der Waals surface area (Å²) in [5.74, 6) is 0.0738. The lowest BCUT2D eigenvalue weighted by molar-refractivity contribution is -0.142. The fraction of sp³-hybridized carbons (Fsp3) is 0.625. The molecule has 0 aromatic carbocycles. The molecule has 3 unspecified atom stereocenters. The monoisotopic (exact) mass is 154 g/mol.